The van der Waals surface area contributed by atoms with E-state index in [1.807, 2.05) is 30.3 Å². The van der Waals surface area contributed by atoms with Gasteiger partial charge in [-0.2, -0.15) is 0 Å². The lowest BCUT2D eigenvalue weighted by Crippen LogP contribution is -2.13. The van der Waals surface area contributed by atoms with E-state index in [1.165, 1.54) is 6.08 Å². The summed E-state index contributed by atoms with van der Waals surface area (Å²) in [5, 5.41) is 3.46. The van der Waals surface area contributed by atoms with E-state index in [9.17, 15) is 4.79 Å². The molecular formula is C16H13N3O2. The Kier molecular flexibility index (Phi) is 5.15. The molecule has 0 fully saturated rings. The summed E-state index contributed by atoms with van der Waals surface area (Å²) in [5.74, 6) is -0.536. The van der Waals surface area contributed by atoms with Crippen molar-refractivity contribution in [2.24, 2.45) is 5.11 Å². The summed E-state index contributed by atoms with van der Waals surface area (Å²) in [6, 6.07) is 18.0. The van der Waals surface area contributed by atoms with E-state index in [0.29, 0.717) is 5.56 Å². The number of carbonyl (C=O) groups is 1. The van der Waals surface area contributed by atoms with Crippen LogP contribution in [0, 0.1) is 0 Å². The van der Waals surface area contributed by atoms with E-state index >= 15 is 0 Å². The average molecular weight is 279 g/mol. The zero-order chi connectivity index (χ0) is 14.9. The molecule has 0 radical (unpaired) electrons. The lowest BCUT2D eigenvalue weighted by atomic mass is 10.2. The Morgan fingerprint density at radius 2 is 1.71 bits per heavy atom. The first-order valence-electron chi connectivity index (χ1n) is 6.33. The van der Waals surface area contributed by atoms with Crippen LogP contribution in [-0.4, -0.2) is 12.2 Å². The molecule has 0 N–H and O–H groups in total. The number of rotatable bonds is 5. The Morgan fingerprint density at radius 1 is 1.10 bits per heavy atom. The van der Waals surface area contributed by atoms with Crippen LogP contribution in [0.5, 0.6) is 0 Å². The van der Waals surface area contributed by atoms with Gasteiger partial charge in [-0.1, -0.05) is 54.6 Å². The van der Waals surface area contributed by atoms with Gasteiger partial charge in [0.1, 0.15) is 0 Å². The Bertz CT molecular complexity index is 662. The van der Waals surface area contributed by atoms with Gasteiger partial charge in [0.05, 0.1) is 5.56 Å². The van der Waals surface area contributed by atoms with Gasteiger partial charge in [-0.25, -0.2) is 4.79 Å². The second kappa shape index (κ2) is 7.53. The molecule has 0 saturated carbocycles. The van der Waals surface area contributed by atoms with E-state index < -0.39 is 12.2 Å². The maximum atomic E-state index is 11.9. The van der Waals surface area contributed by atoms with Crippen molar-refractivity contribution >= 4 is 12.0 Å². The summed E-state index contributed by atoms with van der Waals surface area (Å²) >= 11 is 0. The van der Waals surface area contributed by atoms with Gasteiger partial charge in [-0.15, -0.1) is 0 Å². The second-order valence-electron chi connectivity index (χ2n) is 4.14. The zero-order valence-corrected chi connectivity index (χ0v) is 11.2. The third kappa shape index (κ3) is 4.53. The molecule has 5 nitrogen and oxygen atoms in total. The van der Waals surface area contributed by atoms with Gasteiger partial charge < -0.3 is 4.74 Å². The molecule has 0 aliphatic carbocycles. The van der Waals surface area contributed by atoms with Crippen molar-refractivity contribution in [3.8, 4) is 0 Å². The van der Waals surface area contributed by atoms with Crippen molar-refractivity contribution in [3.63, 3.8) is 0 Å². The topological polar surface area (TPSA) is 75.1 Å². The largest absolute Gasteiger partial charge is 0.448 e. The minimum Gasteiger partial charge on any atom is -0.448 e. The van der Waals surface area contributed by atoms with Crippen LogP contribution in [0.1, 0.15) is 15.9 Å². The van der Waals surface area contributed by atoms with Crippen LogP contribution in [0.4, 0.5) is 0 Å². The molecule has 1 atom stereocenters. The summed E-state index contributed by atoms with van der Waals surface area (Å²) < 4.78 is 5.15. The molecule has 104 valence electrons. The molecular weight excluding hydrogens is 266 g/mol. The third-order valence-electron chi connectivity index (χ3n) is 2.66. The van der Waals surface area contributed by atoms with E-state index in [1.54, 1.807) is 36.4 Å². The number of esters is 1. The van der Waals surface area contributed by atoms with Gasteiger partial charge >= 0.3 is 5.97 Å². The van der Waals surface area contributed by atoms with E-state index in [2.05, 4.69) is 10.0 Å². The van der Waals surface area contributed by atoms with Crippen LogP contribution in [0.2, 0.25) is 0 Å². The van der Waals surface area contributed by atoms with Crippen molar-refractivity contribution in [1.29, 1.82) is 0 Å². The van der Waals surface area contributed by atoms with Crippen molar-refractivity contribution in [2.75, 3.05) is 0 Å². The molecule has 0 aliphatic heterocycles. The minimum absolute atomic E-state index is 0.406. The summed E-state index contributed by atoms with van der Waals surface area (Å²) in [4.78, 5) is 14.6. The highest BCUT2D eigenvalue weighted by atomic mass is 16.6. The molecule has 2 aromatic rings. The number of ether oxygens (including phenoxy) is 1. The molecule has 0 bridgehead atoms. The standard InChI is InChI=1S/C16H13N3O2/c17-19-18-15(12-11-13-7-3-1-4-8-13)21-16(20)14-9-5-2-6-10-14/h1-12,15H. The normalized spacial score (nSPS) is 11.6. The summed E-state index contributed by atoms with van der Waals surface area (Å²) in [6.07, 6.45) is 2.29. The monoisotopic (exact) mass is 279 g/mol. The summed E-state index contributed by atoms with van der Waals surface area (Å²) in [5.41, 5.74) is 9.88. The van der Waals surface area contributed by atoms with Crippen LogP contribution >= 0.6 is 0 Å². The molecule has 2 aromatic carbocycles. The first kappa shape index (κ1) is 14.4. The van der Waals surface area contributed by atoms with Crippen LogP contribution in [-0.2, 0) is 4.74 Å². The fourth-order valence-corrected chi connectivity index (χ4v) is 1.66. The van der Waals surface area contributed by atoms with E-state index in [-0.39, 0.29) is 0 Å². The fraction of sp³-hybridized carbons (Fsp3) is 0.0625. The molecule has 0 amide bonds. The average Bonchev–Trinajstić information content (AvgIpc) is 2.54. The third-order valence-corrected chi connectivity index (χ3v) is 2.66. The minimum atomic E-state index is -0.983. The number of carbonyl (C=O) groups excluding carboxylic acids is 1. The highest BCUT2D eigenvalue weighted by molar-refractivity contribution is 5.89. The molecule has 0 aliphatic rings. The van der Waals surface area contributed by atoms with Crippen LogP contribution in [0.25, 0.3) is 16.5 Å². The molecule has 0 aromatic heterocycles. The molecule has 5 heteroatoms. The quantitative estimate of drug-likeness (QED) is 0.356. The first-order valence-corrected chi connectivity index (χ1v) is 6.33. The summed E-state index contributed by atoms with van der Waals surface area (Å²) in [6.45, 7) is 0. The zero-order valence-electron chi connectivity index (χ0n) is 11.2. The number of benzene rings is 2. The van der Waals surface area contributed by atoms with E-state index in [0.717, 1.165) is 5.56 Å². The number of azide groups is 1. The lowest BCUT2D eigenvalue weighted by Gasteiger charge is -2.08. The molecule has 0 spiro atoms. The number of hydrogen-bond acceptors (Lipinski definition) is 3. The van der Waals surface area contributed by atoms with Crippen LogP contribution in [0.3, 0.4) is 0 Å². The Labute approximate surface area is 122 Å². The molecule has 1 unspecified atom stereocenters. The van der Waals surface area contributed by atoms with Gasteiger partial charge in [-0.05, 0) is 34.4 Å². The number of nitrogens with zero attached hydrogens (tertiary/aromatic N) is 3. The van der Waals surface area contributed by atoms with Crippen molar-refractivity contribution < 1.29 is 9.53 Å². The molecule has 0 heterocycles. The molecule has 2 rings (SSSR count). The highest BCUT2D eigenvalue weighted by Gasteiger charge is 2.11. The van der Waals surface area contributed by atoms with Crippen LogP contribution in [0.15, 0.2) is 71.9 Å². The van der Waals surface area contributed by atoms with Gasteiger partial charge in [0.2, 0.25) is 0 Å². The van der Waals surface area contributed by atoms with Crippen molar-refractivity contribution in [3.05, 3.63) is 88.3 Å². The van der Waals surface area contributed by atoms with Gasteiger partial charge in [0.25, 0.3) is 0 Å². The number of hydrogen-bond donors (Lipinski definition) is 0. The first-order chi connectivity index (χ1) is 10.3. The van der Waals surface area contributed by atoms with Crippen LogP contribution < -0.4 is 0 Å². The fourth-order valence-electron chi connectivity index (χ4n) is 1.66. The maximum Gasteiger partial charge on any atom is 0.338 e. The predicted octanol–water partition coefficient (Wildman–Crippen LogP) is 4.19. The Hall–Kier alpha value is -3.04. The van der Waals surface area contributed by atoms with Crippen molar-refractivity contribution in [1.82, 2.24) is 0 Å². The Morgan fingerprint density at radius 3 is 2.33 bits per heavy atom. The Balaban J connectivity index is 2.08. The SMILES string of the molecule is [N-]=[N+]=NC(C=Cc1ccccc1)OC(=O)c1ccccc1. The molecule has 0 saturated heterocycles. The lowest BCUT2D eigenvalue weighted by molar-refractivity contribution is 0.0407. The second-order valence-corrected chi connectivity index (χ2v) is 4.14. The van der Waals surface area contributed by atoms with Gasteiger partial charge in [0.15, 0.2) is 6.23 Å². The van der Waals surface area contributed by atoms with E-state index in [4.69, 9.17) is 10.3 Å². The smallest absolute Gasteiger partial charge is 0.338 e. The van der Waals surface area contributed by atoms with Gasteiger partial charge in [0, 0.05) is 4.91 Å². The van der Waals surface area contributed by atoms with Gasteiger partial charge in [-0.3, -0.25) is 0 Å². The maximum absolute atomic E-state index is 11.9. The predicted molar refractivity (Wildman–Crippen MR) is 80.3 cm³/mol. The molecule has 21 heavy (non-hydrogen) atoms. The highest BCUT2D eigenvalue weighted by Crippen LogP contribution is 2.09. The summed E-state index contributed by atoms with van der Waals surface area (Å²) in [7, 11) is 0. The van der Waals surface area contributed by atoms with Crippen molar-refractivity contribution in [2.45, 2.75) is 6.23 Å².